The van der Waals surface area contributed by atoms with Gasteiger partial charge in [0.2, 0.25) is 5.91 Å². The maximum absolute atomic E-state index is 12.4. The van der Waals surface area contributed by atoms with Gasteiger partial charge in [-0.2, -0.15) is 11.8 Å². The highest BCUT2D eigenvalue weighted by atomic mass is 32.2. The minimum Gasteiger partial charge on any atom is -0.478 e. The molecule has 0 radical (unpaired) electrons. The third-order valence-corrected chi connectivity index (χ3v) is 6.07. The molecule has 0 saturated carbocycles. The van der Waals surface area contributed by atoms with Gasteiger partial charge < -0.3 is 10.0 Å². The molecule has 0 aliphatic carbocycles. The van der Waals surface area contributed by atoms with Crippen molar-refractivity contribution < 1.29 is 23.1 Å². The number of carbonyl (C=O) groups is 2. The number of sulfone groups is 1. The first-order valence-electron chi connectivity index (χ1n) is 6.67. The number of amides is 1. The Morgan fingerprint density at radius 1 is 1.41 bits per heavy atom. The Morgan fingerprint density at radius 2 is 2.14 bits per heavy atom. The largest absolute Gasteiger partial charge is 0.478 e. The minimum atomic E-state index is -3.34. The molecule has 1 saturated heterocycles. The second-order valence-corrected chi connectivity index (χ2v) is 8.48. The highest BCUT2D eigenvalue weighted by Gasteiger charge is 2.33. The summed E-state index contributed by atoms with van der Waals surface area (Å²) in [5, 5.41) is 8.16. The minimum absolute atomic E-state index is 0.00218. The van der Waals surface area contributed by atoms with Crippen molar-refractivity contribution in [1.82, 2.24) is 4.90 Å². The molecule has 1 aliphatic rings. The molecule has 1 aromatic carbocycles. The molecule has 6 nitrogen and oxygen atoms in total. The van der Waals surface area contributed by atoms with Crippen molar-refractivity contribution >= 4 is 33.5 Å². The summed E-state index contributed by atoms with van der Waals surface area (Å²) in [6, 6.07) is 6.13. The summed E-state index contributed by atoms with van der Waals surface area (Å²) in [7, 11) is -3.34. The Balaban J connectivity index is 2.17. The van der Waals surface area contributed by atoms with Crippen molar-refractivity contribution in [1.29, 1.82) is 0 Å². The molecule has 120 valence electrons. The van der Waals surface area contributed by atoms with Gasteiger partial charge in [0.05, 0.1) is 12.0 Å². The van der Waals surface area contributed by atoms with Crippen LogP contribution in [0.5, 0.6) is 0 Å². The molecule has 1 amide bonds. The lowest BCUT2D eigenvalue weighted by Gasteiger charge is -2.34. The van der Waals surface area contributed by atoms with Crippen molar-refractivity contribution in [3.63, 3.8) is 0 Å². The van der Waals surface area contributed by atoms with E-state index in [9.17, 15) is 18.0 Å². The van der Waals surface area contributed by atoms with Gasteiger partial charge in [0, 0.05) is 24.3 Å². The van der Waals surface area contributed by atoms with E-state index in [4.69, 9.17) is 5.11 Å². The van der Waals surface area contributed by atoms with Crippen LogP contribution in [0.25, 0.3) is 0 Å². The summed E-state index contributed by atoms with van der Waals surface area (Å²) < 4.78 is 23.6. The normalized spacial score (nSPS) is 19.0. The molecule has 22 heavy (non-hydrogen) atoms. The van der Waals surface area contributed by atoms with Gasteiger partial charge in [0.1, 0.15) is 5.37 Å². The fraction of sp³-hybridized carbons (Fsp3) is 0.429. The Kier molecular flexibility index (Phi) is 5.12. The van der Waals surface area contributed by atoms with Gasteiger partial charge in [-0.25, -0.2) is 13.2 Å². The number of carbonyl (C=O) groups excluding carboxylic acids is 1. The molecular weight excluding hydrogens is 326 g/mol. The van der Waals surface area contributed by atoms with E-state index in [1.165, 1.54) is 28.8 Å². The number of nitrogens with zero attached hydrogens (tertiary/aromatic N) is 1. The smallest absolute Gasteiger partial charge is 0.335 e. The van der Waals surface area contributed by atoms with Crippen molar-refractivity contribution in [3.8, 4) is 0 Å². The van der Waals surface area contributed by atoms with Crippen LogP contribution in [0.1, 0.15) is 15.9 Å². The van der Waals surface area contributed by atoms with Crippen LogP contribution in [0.15, 0.2) is 24.3 Å². The first kappa shape index (κ1) is 16.8. The first-order chi connectivity index (χ1) is 10.3. The average molecular weight is 343 g/mol. The van der Waals surface area contributed by atoms with Gasteiger partial charge >= 0.3 is 5.97 Å². The van der Waals surface area contributed by atoms with E-state index in [1.54, 1.807) is 12.1 Å². The Bertz CT molecular complexity index is 686. The molecule has 1 fully saturated rings. The fourth-order valence-electron chi connectivity index (χ4n) is 2.31. The van der Waals surface area contributed by atoms with Gasteiger partial charge in [0.15, 0.2) is 9.84 Å². The standard InChI is InChI=1S/C14H17NO5S2/c1-22(19,20)13-9-21-6-5-15(13)12(16)8-10-3-2-4-11(7-10)14(17)18/h2-4,7,13H,5-6,8-9H2,1H3,(H,17,18). The molecule has 1 atom stereocenters. The summed E-state index contributed by atoms with van der Waals surface area (Å²) in [4.78, 5) is 24.7. The van der Waals surface area contributed by atoms with Crippen molar-refractivity contribution in [2.24, 2.45) is 0 Å². The predicted octanol–water partition coefficient (Wildman–Crippen LogP) is 0.873. The van der Waals surface area contributed by atoms with E-state index in [-0.39, 0.29) is 17.9 Å². The van der Waals surface area contributed by atoms with E-state index >= 15 is 0 Å². The predicted molar refractivity (Wildman–Crippen MR) is 84.8 cm³/mol. The Hall–Kier alpha value is -1.54. The van der Waals surface area contributed by atoms with Crippen molar-refractivity contribution in [2.45, 2.75) is 11.8 Å². The zero-order valence-electron chi connectivity index (χ0n) is 12.1. The summed E-state index contributed by atoms with van der Waals surface area (Å²) in [5.74, 6) is -0.275. The molecular formula is C14H17NO5S2. The molecule has 1 heterocycles. The molecule has 2 rings (SSSR count). The zero-order chi connectivity index (χ0) is 16.3. The third-order valence-electron chi connectivity index (χ3n) is 3.43. The lowest BCUT2D eigenvalue weighted by atomic mass is 10.1. The Morgan fingerprint density at radius 3 is 2.77 bits per heavy atom. The summed E-state index contributed by atoms with van der Waals surface area (Å²) >= 11 is 1.51. The van der Waals surface area contributed by atoms with Crippen molar-refractivity contribution in [3.05, 3.63) is 35.4 Å². The maximum atomic E-state index is 12.4. The molecule has 1 aliphatic heterocycles. The number of aromatic carboxylic acids is 1. The Labute approximate surface area is 133 Å². The van der Waals surface area contributed by atoms with Gasteiger partial charge in [0.25, 0.3) is 0 Å². The van der Waals surface area contributed by atoms with Crippen LogP contribution in [0.3, 0.4) is 0 Å². The SMILES string of the molecule is CS(=O)(=O)C1CSCCN1C(=O)Cc1cccc(C(=O)O)c1. The monoisotopic (exact) mass is 343 g/mol. The maximum Gasteiger partial charge on any atom is 0.335 e. The van der Waals surface area contributed by atoms with Gasteiger partial charge in [-0.1, -0.05) is 12.1 Å². The molecule has 0 aromatic heterocycles. The molecule has 1 unspecified atom stereocenters. The number of hydrogen-bond donors (Lipinski definition) is 1. The second kappa shape index (κ2) is 6.70. The van der Waals surface area contributed by atoms with Crippen LogP contribution in [-0.4, -0.2) is 60.0 Å². The first-order valence-corrected chi connectivity index (χ1v) is 9.78. The molecule has 1 N–H and O–H groups in total. The van der Waals surface area contributed by atoms with Gasteiger partial charge in [-0.05, 0) is 17.7 Å². The molecule has 8 heteroatoms. The summed E-state index contributed by atoms with van der Waals surface area (Å²) in [6.45, 7) is 0.389. The van der Waals surface area contributed by atoms with E-state index in [0.29, 0.717) is 23.6 Å². The number of rotatable bonds is 4. The van der Waals surface area contributed by atoms with E-state index in [0.717, 1.165) is 6.26 Å². The lowest BCUT2D eigenvalue weighted by molar-refractivity contribution is -0.130. The molecule has 0 bridgehead atoms. The number of hydrogen-bond acceptors (Lipinski definition) is 5. The fourth-order valence-corrected chi connectivity index (χ4v) is 5.15. The van der Waals surface area contributed by atoms with Crippen LogP contribution in [0.4, 0.5) is 0 Å². The summed E-state index contributed by atoms with van der Waals surface area (Å²) in [6.07, 6.45) is 1.13. The van der Waals surface area contributed by atoms with Crippen LogP contribution in [-0.2, 0) is 21.1 Å². The number of thioether (sulfide) groups is 1. The lowest BCUT2D eigenvalue weighted by Crippen LogP contribution is -2.50. The topological polar surface area (TPSA) is 91.8 Å². The van der Waals surface area contributed by atoms with Crippen LogP contribution >= 0.6 is 11.8 Å². The van der Waals surface area contributed by atoms with Crippen LogP contribution in [0.2, 0.25) is 0 Å². The highest BCUT2D eigenvalue weighted by Crippen LogP contribution is 2.21. The number of carboxylic acids is 1. The van der Waals surface area contributed by atoms with E-state index in [2.05, 4.69) is 0 Å². The quantitative estimate of drug-likeness (QED) is 0.872. The number of carboxylic acid groups (broad SMARTS) is 1. The zero-order valence-corrected chi connectivity index (χ0v) is 13.7. The summed E-state index contributed by atoms with van der Waals surface area (Å²) in [5.41, 5.74) is 0.676. The van der Waals surface area contributed by atoms with Gasteiger partial charge in [-0.15, -0.1) is 0 Å². The molecule has 0 spiro atoms. The highest BCUT2D eigenvalue weighted by molar-refractivity contribution is 8.00. The van der Waals surface area contributed by atoms with Crippen LogP contribution in [0, 0.1) is 0 Å². The van der Waals surface area contributed by atoms with Crippen LogP contribution < -0.4 is 0 Å². The average Bonchev–Trinajstić information content (AvgIpc) is 2.46. The molecule has 1 aromatic rings. The van der Waals surface area contributed by atoms with Gasteiger partial charge in [-0.3, -0.25) is 4.79 Å². The van der Waals surface area contributed by atoms with E-state index in [1.807, 2.05) is 0 Å². The number of benzene rings is 1. The second-order valence-electron chi connectivity index (χ2n) is 5.13. The third kappa shape index (κ3) is 4.01. The van der Waals surface area contributed by atoms with E-state index < -0.39 is 21.2 Å². The van der Waals surface area contributed by atoms with Crippen molar-refractivity contribution in [2.75, 3.05) is 24.3 Å².